The Hall–Kier alpha value is -0.910. The molecule has 0 radical (unpaired) electrons. The molecule has 0 aliphatic carbocycles. The maximum absolute atomic E-state index is 12.0. The molecular weight excluding hydrogens is 282 g/mol. The molecule has 0 unspecified atom stereocenters. The van der Waals surface area contributed by atoms with Crippen LogP contribution in [0.2, 0.25) is 5.02 Å². The molecule has 1 saturated heterocycles. The maximum atomic E-state index is 12.0. The van der Waals surface area contributed by atoms with E-state index in [9.17, 15) is 4.79 Å². The summed E-state index contributed by atoms with van der Waals surface area (Å²) in [5.41, 5.74) is 6.82. The van der Waals surface area contributed by atoms with E-state index in [2.05, 4.69) is 10.2 Å². The fourth-order valence-corrected chi connectivity index (χ4v) is 3.14. The molecule has 0 bridgehead atoms. The molecule has 19 heavy (non-hydrogen) atoms. The van der Waals surface area contributed by atoms with Crippen LogP contribution in [-0.4, -0.2) is 41.9 Å². The van der Waals surface area contributed by atoms with Gasteiger partial charge in [-0.2, -0.15) is 11.8 Å². The number of thioether (sulfide) groups is 1. The second-order valence-corrected chi connectivity index (χ2v) is 6.16. The number of halogens is 1. The lowest BCUT2D eigenvalue weighted by molar-refractivity contribution is -0.117. The molecule has 0 spiro atoms. The molecule has 1 amide bonds. The summed E-state index contributed by atoms with van der Waals surface area (Å²) in [6.07, 6.45) is 1.14. The lowest BCUT2D eigenvalue weighted by Gasteiger charge is -2.18. The van der Waals surface area contributed by atoms with Gasteiger partial charge in [-0.15, -0.1) is 0 Å². The lowest BCUT2D eigenvalue weighted by Crippen LogP contribution is -2.34. The fourth-order valence-electron chi connectivity index (χ4n) is 1.98. The summed E-state index contributed by atoms with van der Waals surface area (Å²) in [5, 5.41) is 3.30. The predicted octanol–water partition coefficient (Wildman–Crippen LogP) is 2.30. The van der Waals surface area contributed by atoms with Crippen molar-refractivity contribution in [2.45, 2.75) is 6.42 Å². The third kappa shape index (κ3) is 4.60. The molecule has 1 aromatic carbocycles. The van der Waals surface area contributed by atoms with Crippen molar-refractivity contribution >= 4 is 40.6 Å². The van der Waals surface area contributed by atoms with E-state index in [0.29, 0.717) is 22.9 Å². The Labute approximate surface area is 122 Å². The third-order valence-electron chi connectivity index (χ3n) is 2.95. The fraction of sp³-hybridized carbons (Fsp3) is 0.462. The Kier molecular flexibility index (Phi) is 5.36. The molecule has 6 heteroatoms. The standard InChI is InChI=1S/C13H18ClN3OS/c14-11-8-10(15)2-3-12(11)16-13(18)9-17-4-1-6-19-7-5-17/h2-3,8H,1,4-7,9,15H2,(H,16,18). The minimum atomic E-state index is -0.0291. The van der Waals surface area contributed by atoms with Gasteiger partial charge in [-0.25, -0.2) is 0 Å². The Balaban J connectivity index is 1.89. The van der Waals surface area contributed by atoms with Crippen molar-refractivity contribution in [3.8, 4) is 0 Å². The minimum Gasteiger partial charge on any atom is -0.399 e. The first-order valence-electron chi connectivity index (χ1n) is 6.30. The molecule has 1 aliphatic rings. The van der Waals surface area contributed by atoms with Crippen LogP contribution < -0.4 is 11.1 Å². The van der Waals surface area contributed by atoms with Crippen molar-refractivity contribution in [1.29, 1.82) is 0 Å². The normalized spacial score (nSPS) is 16.9. The Morgan fingerprint density at radius 3 is 3.05 bits per heavy atom. The second kappa shape index (κ2) is 7.03. The summed E-state index contributed by atoms with van der Waals surface area (Å²) in [6.45, 7) is 2.37. The summed E-state index contributed by atoms with van der Waals surface area (Å²) < 4.78 is 0. The van der Waals surface area contributed by atoms with Crippen LogP contribution in [0.1, 0.15) is 6.42 Å². The molecule has 1 aliphatic heterocycles. The quantitative estimate of drug-likeness (QED) is 0.841. The van der Waals surface area contributed by atoms with E-state index in [-0.39, 0.29) is 5.91 Å². The van der Waals surface area contributed by atoms with Crippen molar-refractivity contribution < 1.29 is 4.79 Å². The van der Waals surface area contributed by atoms with E-state index in [1.807, 2.05) is 11.8 Å². The molecule has 1 fully saturated rings. The number of benzene rings is 1. The SMILES string of the molecule is Nc1ccc(NC(=O)CN2CCCSCC2)c(Cl)c1. The zero-order valence-electron chi connectivity index (χ0n) is 10.7. The van der Waals surface area contributed by atoms with Gasteiger partial charge in [0.05, 0.1) is 17.3 Å². The molecule has 4 nitrogen and oxygen atoms in total. The average molecular weight is 300 g/mol. The van der Waals surface area contributed by atoms with Gasteiger partial charge in [0, 0.05) is 18.0 Å². The van der Waals surface area contributed by atoms with E-state index in [1.165, 1.54) is 5.75 Å². The molecule has 3 N–H and O–H groups in total. The number of carbonyl (C=O) groups is 1. The highest BCUT2D eigenvalue weighted by atomic mass is 35.5. The number of amides is 1. The first kappa shape index (κ1) is 14.5. The van der Waals surface area contributed by atoms with Crippen molar-refractivity contribution in [3.63, 3.8) is 0 Å². The first-order valence-corrected chi connectivity index (χ1v) is 7.83. The molecule has 1 heterocycles. The zero-order valence-corrected chi connectivity index (χ0v) is 12.3. The van der Waals surface area contributed by atoms with Gasteiger partial charge in [-0.3, -0.25) is 9.69 Å². The van der Waals surface area contributed by atoms with Gasteiger partial charge in [-0.05, 0) is 36.9 Å². The number of rotatable bonds is 3. The van der Waals surface area contributed by atoms with Crippen LogP contribution in [0.5, 0.6) is 0 Å². The highest BCUT2D eigenvalue weighted by Crippen LogP contribution is 2.24. The Bertz CT molecular complexity index is 448. The van der Waals surface area contributed by atoms with Crippen LogP contribution in [0, 0.1) is 0 Å². The van der Waals surface area contributed by atoms with Crippen molar-refractivity contribution in [1.82, 2.24) is 4.90 Å². The van der Waals surface area contributed by atoms with E-state index >= 15 is 0 Å². The van der Waals surface area contributed by atoms with Crippen molar-refractivity contribution in [2.24, 2.45) is 0 Å². The number of nitrogens with one attached hydrogen (secondary N) is 1. The topological polar surface area (TPSA) is 58.4 Å². The van der Waals surface area contributed by atoms with Gasteiger partial charge < -0.3 is 11.1 Å². The van der Waals surface area contributed by atoms with E-state index < -0.39 is 0 Å². The number of carbonyl (C=O) groups excluding carboxylic acids is 1. The molecule has 0 saturated carbocycles. The predicted molar refractivity (Wildman–Crippen MR) is 82.9 cm³/mol. The minimum absolute atomic E-state index is 0.0291. The van der Waals surface area contributed by atoms with Crippen LogP contribution in [0.3, 0.4) is 0 Å². The molecule has 1 aromatic rings. The second-order valence-electron chi connectivity index (χ2n) is 4.53. The van der Waals surface area contributed by atoms with E-state index in [0.717, 1.165) is 25.3 Å². The highest BCUT2D eigenvalue weighted by molar-refractivity contribution is 7.99. The number of anilines is 2. The number of hydrogen-bond donors (Lipinski definition) is 2. The van der Waals surface area contributed by atoms with Crippen LogP contribution in [0.15, 0.2) is 18.2 Å². The number of nitrogens with zero attached hydrogens (tertiary/aromatic N) is 1. The lowest BCUT2D eigenvalue weighted by atomic mass is 10.3. The molecule has 2 rings (SSSR count). The Morgan fingerprint density at radius 1 is 1.42 bits per heavy atom. The molecular formula is C13H18ClN3OS. The summed E-state index contributed by atoms with van der Waals surface area (Å²) in [4.78, 5) is 14.2. The van der Waals surface area contributed by atoms with Gasteiger partial charge in [0.25, 0.3) is 0 Å². The molecule has 0 aromatic heterocycles. The van der Waals surface area contributed by atoms with Crippen LogP contribution in [0.4, 0.5) is 11.4 Å². The number of nitrogens with two attached hydrogens (primary N) is 1. The molecule has 104 valence electrons. The third-order valence-corrected chi connectivity index (χ3v) is 4.31. The first-order chi connectivity index (χ1) is 9.15. The largest absolute Gasteiger partial charge is 0.399 e. The summed E-state index contributed by atoms with van der Waals surface area (Å²) >= 11 is 7.98. The zero-order chi connectivity index (χ0) is 13.7. The van der Waals surface area contributed by atoms with Gasteiger partial charge in [0.1, 0.15) is 0 Å². The van der Waals surface area contributed by atoms with Gasteiger partial charge in [-0.1, -0.05) is 11.6 Å². The van der Waals surface area contributed by atoms with E-state index in [4.69, 9.17) is 17.3 Å². The Morgan fingerprint density at radius 2 is 2.26 bits per heavy atom. The smallest absolute Gasteiger partial charge is 0.238 e. The summed E-state index contributed by atoms with van der Waals surface area (Å²) in [6, 6.07) is 5.09. The van der Waals surface area contributed by atoms with Gasteiger partial charge in [0.15, 0.2) is 0 Å². The van der Waals surface area contributed by atoms with Crippen LogP contribution in [-0.2, 0) is 4.79 Å². The van der Waals surface area contributed by atoms with Crippen LogP contribution >= 0.6 is 23.4 Å². The van der Waals surface area contributed by atoms with Gasteiger partial charge >= 0.3 is 0 Å². The maximum Gasteiger partial charge on any atom is 0.238 e. The number of nitrogen functional groups attached to an aromatic ring is 1. The summed E-state index contributed by atoms with van der Waals surface area (Å²) in [5.74, 6) is 2.25. The number of hydrogen-bond acceptors (Lipinski definition) is 4. The molecule has 0 atom stereocenters. The van der Waals surface area contributed by atoms with Crippen molar-refractivity contribution in [2.75, 3.05) is 42.2 Å². The van der Waals surface area contributed by atoms with E-state index in [1.54, 1.807) is 18.2 Å². The highest BCUT2D eigenvalue weighted by Gasteiger charge is 2.14. The summed E-state index contributed by atoms with van der Waals surface area (Å²) in [7, 11) is 0. The van der Waals surface area contributed by atoms with Crippen molar-refractivity contribution in [3.05, 3.63) is 23.2 Å². The van der Waals surface area contributed by atoms with Gasteiger partial charge in [0.2, 0.25) is 5.91 Å². The average Bonchev–Trinajstić information content (AvgIpc) is 2.61. The van der Waals surface area contributed by atoms with Crippen LogP contribution in [0.25, 0.3) is 0 Å². The monoisotopic (exact) mass is 299 g/mol.